The predicted octanol–water partition coefficient (Wildman–Crippen LogP) is 1.01. The third-order valence-electron chi connectivity index (χ3n) is 2.10. The molecule has 1 rings (SSSR count). The van der Waals surface area contributed by atoms with E-state index in [1.165, 1.54) is 0 Å². The second-order valence-corrected chi connectivity index (χ2v) is 3.23. The molecule has 0 saturated heterocycles. The van der Waals surface area contributed by atoms with Crippen LogP contribution in [-0.2, 0) is 9.59 Å². The molecule has 0 aromatic heterocycles. The number of carbonyl (C=O) groups excluding carboxylic acids is 2. The molecule has 1 N–H and O–H groups in total. The summed E-state index contributed by atoms with van der Waals surface area (Å²) in [4.78, 5) is 22.1. The fourth-order valence-corrected chi connectivity index (χ4v) is 0.991. The third kappa shape index (κ3) is 1.94. The summed E-state index contributed by atoms with van der Waals surface area (Å²) in [7, 11) is 0. The summed E-state index contributed by atoms with van der Waals surface area (Å²) in [5.41, 5.74) is 0.377. The number of nitrogens with one attached hydrogen (secondary N) is 1. The Labute approximate surface area is 71.8 Å². The Morgan fingerprint density at radius 2 is 2.00 bits per heavy atom. The minimum atomic E-state index is -0.355. The quantitative estimate of drug-likeness (QED) is 0.624. The van der Waals surface area contributed by atoms with Gasteiger partial charge in [-0.25, -0.2) is 0 Å². The fraction of sp³-hybridized carbons (Fsp3) is 0.556. The molecular weight excluding hydrogens is 154 g/mol. The Bertz CT molecular complexity index is 229. The molecule has 3 nitrogen and oxygen atoms in total. The largest absolute Gasteiger partial charge is 0.292 e. The predicted molar refractivity (Wildman–Crippen MR) is 45.3 cm³/mol. The number of rotatable bonds is 2. The minimum Gasteiger partial charge on any atom is -0.292 e. The van der Waals surface area contributed by atoms with E-state index in [-0.39, 0.29) is 17.7 Å². The van der Waals surface area contributed by atoms with Crippen molar-refractivity contribution >= 4 is 11.8 Å². The van der Waals surface area contributed by atoms with Crippen molar-refractivity contribution in [1.29, 1.82) is 0 Å². The molecule has 1 aliphatic rings. The molecule has 0 aromatic rings. The zero-order valence-electron chi connectivity index (χ0n) is 7.22. The molecule has 66 valence electrons. The summed E-state index contributed by atoms with van der Waals surface area (Å²) >= 11 is 0. The standard InChI is InChI=1S/C9H13NO2/c1-6(2)8(11)10-9(12)7-4-3-5-7/h7H,1,3-5H2,2H3,(H,10,11,12). The number of imide groups is 1. The minimum absolute atomic E-state index is 0.0632. The van der Waals surface area contributed by atoms with E-state index in [9.17, 15) is 9.59 Å². The first-order valence-corrected chi connectivity index (χ1v) is 4.12. The van der Waals surface area contributed by atoms with Crippen molar-refractivity contribution in [2.45, 2.75) is 26.2 Å². The van der Waals surface area contributed by atoms with Gasteiger partial charge >= 0.3 is 0 Å². The summed E-state index contributed by atoms with van der Waals surface area (Å²) in [5, 5.41) is 2.30. The Morgan fingerprint density at radius 3 is 2.33 bits per heavy atom. The SMILES string of the molecule is C=C(C)C(=O)NC(=O)C1CCC1. The third-order valence-corrected chi connectivity index (χ3v) is 2.10. The van der Waals surface area contributed by atoms with E-state index in [1.807, 2.05) is 0 Å². The Kier molecular flexibility index (Phi) is 2.63. The van der Waals surface area contributed by atoms with Crippen molar-refractivity contribution in [3.8, 4) is 0 Å². The molecule has 0 heterocycles. The lowest BCUT2D eigenvalue weighted by atomic mass is 9.85. The Morgan fingerprint density at radius 1 is 1.42 bits per heavy atom. The molecule has 0 aromatic carbocycles. The summed E-state index contributed by atoms with van der Waals surface area (Å²) in [6.45, 7) is 5.03. The van der Waals surface area contributed by atoms with Crippen LogP contribution in [0.2, 0.25) is 0 Å². The van der Waals surface area contributed by atoms with Gasteiger partial charge in [-0.2, -0.15) is 0 Å². The number of hydrogen-bond acceptors (Lipinski definition) is 2. The second kappa shape index (κ2) is 3.52. The molecule has 0 aliphatic heterocycles. The zero-order valence-corrected chi connectivity index (χ0v) is 7.22. The first-order chi connectivity index (χ1) is 5.61. The molecule has 0 spiro atoms. The smallest absolute Gasteiger partial charge is 0.252 e. The number of hydrogen-bond donors (Lipinski definition) is 1. The lowest BCUT2D eigenvalue weighted by Crippen LogP contribution is -2.38. The van der Waals surface area contributed by atoms with Gasteiger partial charge in [0.1, 0.15) is 0 Å². The van der Waals surface area contributed by atoms with Crippen LogP contribution in [0, 0.1) is 5.92 Å². The molecule has 0 unspecified atom stereocenters. The van der Waals surface area contributed by atoms with Crippen LogP contribution in [0.25, 0.3) is 0 Å². The van der Waals surface area contributed by atoms with Crippen LogP contribution in [0.1, 0.15) is 26.2 Å². The first-order valence-electron chi connectivity index (χ1n) is 4.12. The molecule has 0 bridgehead atoms. The van der Waals surface area contributed by atoms with Crippen molar-refractivity contribution < 1.29 is 9.59 Å². The van der Waals surface area contributed by atoms with Gasteiger partial charge in [0.05, 0.1) is 0 Å². The maximum Gasteiger partial charge on any atom is 0.252 e. The first kappa shape index (κ1) is 8.97. The average molecular weight is 167 g/mol. The number of amides is 2. The van der Waals surface area contributed by atoms with Crippen LogP contribution in [0.15, 0.2) is 12.2 Å². The van der Waals surface area contributed by atoms with Crippen LogP contribution in [0.3, 0.4) is 0 Å². The summed E-state index contributed by atoms with van der Waals surface area (Å²) < 4.78 is 0. The van der Waals surface area contributed by atoms with Crippen LogP contribution in [0.4, 0.5) is 0 Å². The normalized spacial score (nSPS) is 16.4. The van der Waals surface area contributed by atoms with E-state index >= 15 is 0 Å². The van der Waals surface area contributed by atoms with E-state index in [0.29, 0.717) is 5.57 Å². The Balaban J connectivity index is 2.35. The maximum absolute atomic E-state index is 11.2. The average Bonchev–Trinajstić information content (AvgIpc) is 1.82. The highest BCUT2D eigenvalue weighted by Gasteiger charge is 2.26. The highest BCUT2D eigenvalue weighted by Crippen LogP contribution is 2.26. The van der Waals surface area contributed by atoms with Gasteiger partial charge in [-0.1, -0.05) is 13.0 Å². The van der Waals surface area contributed by atoms with Gasteiger partial charge in [-0.05, 0) is 19.8 Å². The van der Waals surface area contributed by atoms with Gasteiger partial charge in [0.25, 0.3) is 5.91 Å². The summed E-state index contributed by atoms with van der Waals surface area (Å²) in [5.74, 6) is -0.436. The fourth-order valence-electron chi connectivity index (χ4n) is 0.991. The maximum atomic E-state index is 11.2. The van der Waals surface area contributed by atoms with Crippen molar-refractivity contribution in [2.75, 3.05) is 0 Å². The van der Waals surface area contributed by atoms with E-state index in [2.05, 4.69) is 11.9 Å². The van der Waals surface area contributed by atoms with Gasteiger partial charge < -0.3 is 0 Å². The lowest BCUT2D eigenvalue weighted by molar-refractivity contribution is -0.132. The zero-order chi connectivity index (χ0) is 9.14. The van der Waals surface area contributed by atoms with Gasteiger partial charge in [-0.15, -0.1) is 0 Å². The molecule has 2 amide bonds. The van der Waals surface area contributed by atoms with Gasteiger partial charge in [0.15, 0.2) is 0 Å². The molecule has 1 fully saturated rings. The van der Waals surface area contributed by atoms with Gasteiger partial charge in [-0.3, -0.25) is 14.9 Å². The van der Waals surface area contributed by atoms with E-state index in [4.69, 9.17) is 0 Å². The molecule has 0 atom stereocenters. The molecule has 1 saturated carbocycles. The lowest BCUT2D eigenvalue weighted by Gasteiger charge is -2.23. The Hall–Kier alpha value is -1.12. The highest BCUT2D eigenvalue weighted by molar-refractivity contribution is 6.04. The van der Waals surface area contributed by atoms with Crippen molar-refractivity contribution in [3.05, 3.63) is 12.2 Å². The van der Waals surface area contributed by atoms with Crippen molar-refractivity contribution in [1.82, 2.24) is 5.32 Å². The van der Waals surface area contributed by atoms with Gasteiger partial charge in [0, 0.05) is 11.5 Å². The van der Waals surface area contributed by atoms with Gasteiger partial charge in [0.2, 0.25) is 5.91 Å². The molecule has 12 heavy (non-hydrogen) atoms. The summed E-state index contributed by atoms with van der Waals surface area (Å²) in [6, 6.07) is 0. The second-order valence-electron chi connectivity index (χ2n) is 3.23. The van der Waals surface area contributed by atoms with E-state index in [0.717, 1.165) is 19.3 Å². The van der Waals surface area contributed by atoms with Crippen LogP contribution in [0.5, 0.6) is 0 Å². The van der Waals surface area contributed by atoms with Crippen molar-refractivity contribution in [2.24, 2.45) is 5.92 Å². The van der Waals surface area contributed by atoms with Crippen LogP contribution in [-0.4, -0.2) is 11.8 Å². The van der Waals surface area contributed by atoms with E-state index in [1.54, 1.807) is 6.92 Å². The van der Waals surface area contributed by atoms with Crippen molar-refractivity contribution in [3.63, 3.8) is 0 Å². The van der Waals surface area contributed by atoms with Crippen LogP contribution >= 0.6 is 0 Å². The van der Waals surface area contributed by atoms with E-state index < -0.39 is 0 Å². The topological polar surface area (TPSA) is 46.2 Å². The summed E-state index contributed by atoms with van der Waals surface area (Å²) in [6.07, 6.45) is 2.92. The molecule has 0 radical (unpaired) electrons. The molecule has 1 aliphatic carbocycles. The molecular formula is C9H13NO2. The monoisotopic (exact) mass is 167 g/mol. The highest BCUT2D eigenvalue weighted by atomic mass is 16.2. The van der Waals surface area contributed by atoms with Crippen LogP contribution < -0.4 is 5.32 Å². The number of carbonyl (C=O) groups is 2. The molecule has 3 heteroatoms.